The van der Waals surface area contributed by atoms with Gasteiger partial charge in [-0.3, -0.25) is 4.79 Å². The number of hydrogen-bond acceptors (Lipinski definition) is 5. The first-order chi connectivity index (χ1) is 11.6. The number of aliphatic hydroxyl groups is 1. The average Bonchev–Trinajstić information content (AvgIpc) is 3.43. The van der Waals surface area contributed by atoms with Gasteiger partial charge in [0.1, 0.15) is 0 Å². The van der Waals surface area contributed by atoms with Gasteiger partial charge in [0, 0.05) is 12.6 Å². The molecule has 24 heavy (non-hydrogen) atoms. The molecule has 1 aliphatic carbocycles. The molecule has 2 rings (SSSR count). The number of carbonyl (C=O) groups excluding carboxylic acids is 1. The maximum absolute atomic E-state index is 11.8. The van der Waals surface area contributed by atoms with E-state index in [-0.39, 0.29) is 12.0 Å². The highest BCUT2D eigenvalue weighted by molar-refractivity contribution is 5.91. The zero-order valence-electron chi connectivity index (χ0n) is 14.4. The Kier molecular flexibility index (Phi) is 6.49. The molecular weight excluding hydrogens is 310 g/mol. The molecule has 1 aromatic carbocycles. The molecular formula is C18H25NO5. The molecule has 1 aromatic rings. The SMILES string of the molecule is COc1cc(/C=C/C(=O)NCCC(O)C2CC2)cc(OC)c1OC. The first-order valence-electron chi connectivity index (χ1n) is 8.03. The summed E-state index contributed by atoms with van der Waals surface area (Å²) in [5.74, 6) is 1.80. The molecule has 0 spiro atoms. The van der Waals surface area contributed by atoms with Crippen LogP contribution in [0.25, 0.3) is 6.08 Å². The molecule has 0 saturated heterocycles. The van der Waals surface area contributed by atoms with Gasteiger partial charge in [0.2, 0.25) is 11.7 Å². The number of carbonyl (C=O) groups is 1. The van der Waals surface area contributed by atoms with Gasteiger partial charge in [-0.2, -0.15) is 0 Å². The molecule has 1 amide bonds. The third-order valence-corrected chi connectivity index (χ3v) is 4.02. The van der Waals surface area contributed by atoms with Gasteiger partial charge in [-0.15, -0.1) is 0 Å². The van der Waals surface area contributed by atoms with Crippen molar-refractivity contribution in [1.29, 1.82) is 0 Å². The Morgan fingerprint density at radius 3 is 2.38 bits per heavy atom. The molecule has 2 N–H and O–H groups in total. The fourth-order valence-electron chi connectivity index (χ4n) is 2.49. The van der Waals surface area contributed by atoms with Crippen molar-refractivity contribution in [3.63, 3.8) is 0 Å². The number of rotatable bonds is 9. The van der Waals surface area contributed by atoms with Crippen LogP contribution in [-0.2, 0) is 4.79 Å². The highest BCUT2D eigenvalue weighted by Crippen LogP contribution is 2.38. The van der Waals surface area contributed by atoms with Crippen LogP contribution in [0.15, 0.2) is 18.2 Å². The van der Waals surface area contributed by atoms with Crippen molar-refractivity contribution >= 4 is 12.0 Å². The molecule has 6 heteroatoms. The van der Waals surface area contributed by atoms with Gasteiger partial charge in [-0.1, -0.05) is 0 Å². The largest absolute Gasteiger partial charge is 0.493 e. The fraction of sp³-hybridized carbons (Fsp3) is 0.500. The summed E-state index contributed by atoms with van der Waals surface area (Å²) in [6.45, 7) is 0.468. The Balaban J connectivity index is 1.93. The molecule has 0 aliphatic heterocycles. The van der Waals surface area contributed by atoms with Crippen LogP contribution in [0.3, 0.4) is 0 Å². The number of aliphatic hydroxyl groups excluding tert-OH is 1. The van der Waals surface area contributed by atoms with Gasteiger partial charge in [-0.05, 0) is 49.0 Å². The number of nitrogens with one attached hydrogen (secondary N) is 1. The average molecular weight is 335 g/mol. The van der Waals surface area contributed by atoms with Crippen LogP contribution in [0.4, 0.5) is 0 Å². The molecule has 1 fully saturated rings. The van der Waals surface area contributed by atoms with E-state index in [4.69, 9.17) is 14.2 Å². The lowest BCUT2D eigenvalue weighted by molar-refractivity contribution is -0.116. The zero-order chi connectivity index (χ0) is 17.5. The van der Waals surface area contributed by atoms with Crippen LogP contribution in [0, 0.1) is 5.92 Å². The number of amides is 1. The zero-order valence-corrected chi connectivity index (χ0v) is 14.4. The molecule has 1 aliphatic rings. The van der Waals surface area contributed by atoms with Gasteiger partial charge in [-0.25, -0.2) is 0 Å². The van der Waals surface area contributed by atoms with Crippen molar-refractivity contribution in [3.8, 4) is 17.2 Å². The van der Waals surface area contributed by atoms with E-state index < -0.39 is 0 Å². The number of ether oxygens (including phenoxy) is 3. The van der Waals surface area contributed by atoms with E-state index in [1.165, 1.54) is 6.08 Å². The first kappa shape index (κ1) is 18.1. The van der Waals surface area contributed by atoms with E-state index in [2.05, 4.69) is 5.32 Å². The second-order valence-corrected chi connectivity index (χ2v) is 5.78. The third kappa shape index (κ3) is 4.89. The van der Waals surface area contributed by atoms with E-state index in [1.54, 1.807) is 39.5 Å². The lowest BCUT2D eigenvalue weighted by atomic mass is 10.1. The summed E-state index contributed by atoms with van der Waals surface area (Å²) >= 11 is 0. The Morgan fingerprint density at radius 2 is 1.88 bits per heavy atom. The monoisotopic (exact) mass is 335 g/mol. The van der Waals surface area contributed by atoms with Gasteiger partial charge in [0.15, 0.2) is 11.5 Å². The van der Waals surface area contributed by atoms with Crippen molar-refractivity contribution < 1.29 is 24.1 Å². The molecule has 0 radical (unpaired) electrons. The van der Waals surface area contributed by atoms with Gasteiger partial charge >= 0.3 is 0 Å². The third-order valence-electron chi connectivity index (χ3n) is 4.02. The normalized spacial score (nSPS) is 15.2. The summed E-state index contributed by atoms with van der Waals surface area (Å²) in [5, 5.41) is 12.5. The highest BCUT2D eigenvalue weighted by atomic mass is 16.5. The summed E-state index contributed by atoms with van der Waals surface area (Å²) in [7, 11) is 4.63. The lowest BCUT2D eigenvalue weighted by Gasteiger charge is -2.12. The van der Waals surface area contributed by atoms with Gasteiger partial charge < -0.3 is 24.6 Å². The molecule has 1 unspecified atom stereocenters. The van der Waals surface area contributed by atoms with Gasteiger partial charge in [0.25, 0.3) is 0 Å². The predicted octanol–water partition coefficient (Wildman–Crippen LogP) is 2.00. The standard InChI is InChI=1S/C18H25NO5/c1-22-15-10-12(11-16(23-2)18(15)24-3)4-7-17(21)19-9-8-14(20)13-5-6-13/h4,7,10-11,13-14,20H,5-6,8-9H2,1-3H3,(H,19,21)/b7-4+. The van der Waals surface area contributed by atoms with E-state index in [0.717, 1.165) is 18.4 Å². The predicted molar refractivity (Wildman–Crippen MR) is 91.5 cm³/mol. The van der Waals surface area contributed by atoms with Crippen molar-refractivity contribution in [2.24, 2.45) is 5.92 Å². The van der Waals surface area contributed by atoms with Crippen LogP contribution in [0.5, 0.6) is 17.2 Å². The summed E-state index contributed by atoms with van der Waals surface area (Å²) < 4.78 is 15.8. The van der Waals surface area contributed by atoms with Crippen LogP contribution < -0.4 is 19.5 Å². The van der Waals surface area contributed by atoms with E-state index in [0.29, 0.717) is 36.1 Å². The smallest absolute Gasteiger partial charge is 0.244 e. The van der Waals surface area contributed by atoms with E-state index in [1.807, 2.05) is 0 Å². The van der Waals surface area contributed by atoms with Gasteiger partial charge in [0.05, 0.1) is 27.4 Å². The van der Waals surface area contributed by atoms with E-state index in [9.17, 15) is 9.90 Å². The molecule has 0 aromatic heterocycles. The minimum atomic E-state index is -0.301. The topological polar surface area (TPSA) is 77.0 Å². The minimum absolute atomic E-state index is 0.202. The summed E-state index contributed by atoms with van der Waals surface area (Å²) in [6.07, 6.45) is 5.60. The van der Waals surface area contributed by atoms with Crippen molar-refractivity contribution in [1.82, 2.24) is 5.32 Å². The maximum Gasteiger partial charge on any atom is 0.244 e. The Hall–Kier alpha value is -2.21. The number of methoxy groups -OCH3 is 3. The second-order valence-electron chi connectivity index (χ2n) is 5.78. The van der Waals surface area contributed by atoms with Crippen LogP contribution >= 0.6 is 0 Å². The molecule has 0 bridgehead atoms. The minimum Gasteiger partial charge on any atom is -0.493 e. The van der Waals surface area contributed by atoms with Crippen molar-refractivity contribution in [2.45, 2.75) is 25.4 Å². The highest BCUT2D eigenvalue weighted by Gasteiger charge is 2.29. The molecule has 132 valence electrons. The molecule has 0 heterocycles. The lowest BCUT2D eigenvalue weighted by Crippen LogP contribution is -2.26. The fourth-order valence-corrected chi connectivity index (χ4v) is 2.49. The maximum atomic E-state index is 11.8. The second kappa shape index (κ2) is 8.59. The van der Waals surface area contributed by atoms with Crippen LogP contribution in [-0.4, -0.2) is 45.0 Å². The first-order valence-corrected chi connectivity index (χ1v) is 8.03. The Labute approximate surface area is 142 Å². The Bertz CT molecular complexity index is 570. The summed E-state index contributed by atoms with van der Waals surface area (Å²) in [6, 6.07) is 3.53. The molecule has 6 nitrogen and oxygen atoms in total. The summed E-state index contributed by atoms with van der Waals surface area (Å²) in [4.78, 5) is 11.8. The van der Waals surface area contributed by atoms with Crippen LogP contribution in [0.2, 0.25) is 0 Å². The number of benzene rings is 1. The van der Waals surface area contributed by atoms with Crippen LogP contribution in [0.1, 0.15) is 24.8 Å². The molecule has 1 atom stereocenters. The van der Waals surface area contributed by atoms with Crippen molar-refractivity contribution in [2.75, 3.05) is 27.9 Å². The molecule has 1 saturated carbocycles. The Morgan fingerprint density at radius 1 is 1.25 bits per heavy atom. The van der Waals surface area contributed by atoms with E-state index >= 15 is 0 Å². The summed E-state index contributed by atoms with van der Waals surface area (Å²) in [5.41, 5.74) is 0.762. The van der Waals surface area contributed by atoms with Crippen molar-refractivity contribution in [3.05, 3.63) is 23.8 Å². The number of hydrogen-bond donors (Lipinski definition) is 2. The quantitative estimate of drug-likeness (QED) is 0.675.